The zero-order chi connectivity index (χ0) is 35.8. The van der Waals surface area contributed by atoms with E-state index in [0.717, 1.165) is 0 Å². The van der Waals surface area contributed by atoms with Gasteiger partial charge in [0.1, 0.15) is 0 Å². The lowest BCUT2D eigenvalue weighted by molar-refractivity contribution is -0.742. The van der Waals surface area contributed by atoms with E-state index in [4.69, 9.17) is 153 Å². The molecular formula is H31N17O30. The maximum atomic E-state index is 8.36. The SMILES string of the molecule is N.N.N.N.N.N.N.O=[N+]([O-])O.O=[N+]([O-])O.O=[N+]([O-])O.O=[N+]([O-])O.O=[N+]([O-])O.O=[N+]([O-])O.O=[N+]([O-])O.O=[N+]([O-])O.O=[N+]([O-])O.O=[N+]([O-])O. The van der Waals surface area contributed by atoms with Crippen molar-refractivity contribution in [2.45, 2.75) is 0 Å². The van der Waals surface area contributed by atoms with Crippen LogP contribution in [0.25, 0.3) is 0 Å². The van der Waals surface area contributed by atoms with E-state index in [1.165, 1.54) is 0 Å². The van der Waals surface area contributed by atoms with Gasteiger partial charge in [-0.05, 0) is 0 Å². The third-order valence-electron chi connectivity index (χ3n) is 0. The summed E-state index contributed by atoms with van der Waals surface area (Å²) in [7, 11) is 0. The maximum Gasteiger partial charge on any atom is 0.291 e. The number of hydrogen-bond donors (Lipinski definition) is 17. The van der Waals surface area contributed by atoms with E-state index < -0.39 is 50.9 Å². The Bertz CT molecular complexity index is 474. The fraction of sp³-hybridized carbons (Fsp3) is 0. The van der Waals surface area contributed by atoms with Crippen LogP contribution < -0.4 is 43.1 Å². The molecule has 0 aliphatic carbocycles. The van der Waals surface area contributed by atoms with E-state index in [1.54, 1.807) is 0 Å². The minimum absolute atomic E-state index is 0. The minimum Gasteiger partial charge on any atom is -0.344 e. The largest absolute Gasteiger partial charge is 0.344 e. The van der Waals surface area contributed by atoms with Crippen LogP contribution in [0, 0.1) is 101 Å². The first kappa shape index (κ1) is 117. The molecule has 0 aromatic rings. The van der Waals surface area contributed by atoms with Crippen LogP contribution in [0.2, 0.25) is 0 Å². The van der Waals surface area contributed by atoms with Crippen molar-refractivity contribution in [3.63, 3.8) is 0 Å². The lowest BCUT2D eigenvalue weighted by Gasteiger charge is -1.56. The van der Waals surface area contributed by atoms with E-state index >= 15 is 0 Å². The van der Waals surface area contributed by atoms with Crippen molar-refractivity contribution in [2.24, 2.45) is 0 Å². The van der Waals surface area contributed by atoms with Gasteiger partial charge < -0.3 is 95.1 Å². The Kier molecular flexibility index (Phi) is 268. The van der Waals surface area contributed by atoms with Gasteiger partial charge in [0.2, 0.25) is 0 Å². The zero-order valence-corrected chi connectivity index (χ0v) is 22.1. The van der Waals surface area contributed by atoms with E-state index in [-0.39, 0.29) is 43.1 Å². The molecule has 0 saturated heterocycles. The maximum absolute atomic E-state index is 8.36. The normalized spacial score (nSPS) is 5.11. The van der Waals surface area contributed by atoms with E-state index in [2.05, 4.69) is 0 Å². The van der Waals surface area contributed by atoms with Gasteiger partial charge in [-0.2, -0.15) is 0 Å². The summed E-state index contributed by atoms with van der Waals surface area (Å²) in [6, 6.07) is 0. The number of hydrogen-bond acceptors (Lipinski definition) is 27. The topological polar surface area (TPSA) is 879 Å². The fourth-order valence-electron chi connectivity index (χ4n) is 0. The summed E-state index contributed by atoms with van der Waals surface area (Å²) in [5.41, 5.74) is 0. The summed E-state index contributed by atoms with van der Waals surface area (Å²) in [4.78, 5) is 83.6. The first-order chi connectivity index (χ1) is 17.3. The Balaban J connectivity index is -0.0000000140. The van der Waals surface area contributed by atoms with Crippen molar-refractivity contribution >= 4 is 0 Å². The van der Waals surface area contributed by atoms with Crippen LogP contribution in [0.3, 0.4) is 0 Å². The second-order valence-corrected chi connectivity index (χ2v) is 2.38. The van der Waals surface area contributed by atoms with E-state index in [9.17, 15) is 0 Å². The molecule has 0 aliphatic heterocycles. The van der Waals surface area contributed by atoms with Crippen molar-refractivity contribution in [1.82, 2.24) is 43.1 Å². The molecule has 0 unspecified atom stereocenters. The van der Waals surface area contributed by atoms with Gasteiger partial charge in [0.15, 0.2) is 0 Å². The standard InChI is InChI=1S/10HNO3.7H3N/c10*2-1(3)4;;;;;;;/h10*(H,2,3,4);7*1H3. The van der Waals surface area contributed by atoms with Crippen molar-refractivity contribution in [3.8, 4) is 0 Å². The predicted octanol–water partition coefficient (Wildman–Crippen LogP) is -2.34. The van der Waals surface area contributed by atoms with Crippen LogP contribution in [-0.4, -0.2) is 103 Å². The van der Waals surface area contributed by atoms with Gasteiger partial charge >= 0.3 is 0 Å². The van der Waals surface area contributed by atoms with Gasteiger partial charge in [-0.1, -0.05) is 0 Å². The van der Waals surface area contributed by atoms with Gasteiger partial charge in [-0.25, -0.2) is 0 Å². The molecule has 0 spiro atoms. The monoisotopic (exact) mass is 749 g/mol. The lowest BCUT2D eigenvalue weighted by atomic mass is 13.1. The van der Waals surface area contributed by atoms with Crippen molar-refractivity contribution in [3.05, 3.63) is 101 Å². The summed E-state index contributed by atoms with van der Waals surface area (Å²) in [5, 5.41) is 136. The van der Waals surface area contributed by atoms with E-state index in [0.29, 0.717) is 0 Å². The summed E-state index contributed by atoms with van der Waals surface area (Å²) in [5.74, 6) is 0. The Morgan fingerprint density at radius 2 is 0.191 bits per heavy atom. The fourth-order valence-corrected chi connectivity index (χ4v) is 0. The molecule has 0 aromatic carbocycles. The summed E-state index contributed by atoms with van der Waals surface area (Å²) < 4.78 is 0. The number of nitrogens with zero attached hydrogens (tertiary/aromatic N) is 10. The Morgan fingerprint density at radius 3 is 0.191 bits per heavy atom. The Morgan fingerprint density at radius 1 is 0.191 bits per heavy atom. The van der Waals surface area contributed by atoms with Crippen molar-refractivity contribution in [2.75, 3.05) is 0 Å². The zero-order valence-electron chi connectivity index (χ0n) is 22.1. The average Bonchev–Trinajstić information content (AvgIpc) is 2.47. The molecule has 0 radical (unpaired) electrons. The summed E-state index contributed by atoms with van der Waals surface area (Å²) in [6.07, 6.45) is 0. The molecule has 0 saturated carbocycles. The first-order valence-electron chi connectivity index (χ1n) is 5.65. The van der Waals surface area contributed by atoms with Crippen LogP contribution in [-0.2, 0) is 0 Å². The highest BCUT2D eigenvalue weighted by molar-refractivity contribution is 3.86. The van der Waals surface area contributed by atoms with Crippen molar-refractivity contribution < 1.29 is 103 Å². The quantitative estimate of drug-likeness (QED) is 0.0910. The summed E-state index contributed by atoms with van der Waals surface area (Å²) in [6.45, 7) is 0. The van der Waals surface area contributed by atoms with Crippen LogP contribution in [0.4, 0.5) is 0 Å². The van der Waals surface area contributed by atoms with Crippen LogP contribution in [0.1, 0.15) is 0 Å². The smallest absolute Gasteiger partial charge is 0.291 e. The van der Waals surface area contributed by atoms with Crippen LogP contribution in [0.5, 0.6) is 0 Å². The molecule has 31 N–H and O–H groups in total. The van der Waals surface area contributed by atoms with Gasteiger partial charge in [-0.15, -0.1) is 101 Å². The molecule has 0 atom stereocenters. The molecular weight excluding hydrogens is 718 g/mol. The number of rotatable bonds is 0. The molecule has 0 fully saturated rings. The molecule has 0 heterocycles. The molecule has 0 aromatic heterocycles. The van der Waals surface area contributed by atoms with Crippen molar-refractivity contribution in [1.29, 1.82) is 0 Å². The van der Waals surface area contributed by atoms with Gasteiger partial charge in [0.05, 0.1) is 0 Å². The Hall–Kier alpha value is -8.28. The van der Waals surface area contributed by atoms with Gasteiger partial charge in [0, 0.05) is 0 Å². The molecule has 47 nitrogen and oxygen atoms in total. The highest BCUT2D eigenvalue weighted by atomic mass is 16.9. The van der Waals surface area contributed by atoms with Crippen LogP contribution in [0.15, 0.2) is 0 Å². The second kappa shape index (κ2) is 108. The molecule has 47 heteroatoms. The molecule has 0 bridgehead atoms. The first-order valence-corrected chi connectivity index (χ1v) is 5.65. The summed E-state index contributed by atoms with van der Waals surface area (Å²) >= 11 is 0. The molecule has 296 valence electrons. The van der Waals surface area contributed by atoms with Gasteiger partial charge in [-0.3, -0.25) is 0 Å². The second-order valence-electron chi connectivity index (χ2n) is 2.38. The van der Waals surface area contributed by atoms with E-state index in [1.807, 2.05) is 0 Å². The highest BCUT2D eigenvalue weighted by Crippen LogP contribution is 1.41. The third-order valence-corrected chi connectivity index (χ3v) is 0. The lowest BCUT2D eigenvalue weighted by Crippen LogP contribution is -1.81. The average molecular weight is 749 g/mol. The highest BCUT2D eigenvalue weighted by Gasteiger charge is 1.68. The molecule has 0 rings (SSSR count). The van der Waals surface area contributed by atoms with Crippen LogP contribution >= 0.6 is 0 Å². The molecule has 47 heavy (non-hydrogen) atoms. The van der Waals surface area contributed by atoms with Gasteiger partial charge in [0.25, 0.3) is 50.9 Å². The predicted molar refractivity (Wildman–Crippen MR) is 123 cm³/mol. The molecule has 0 aliphatic rings. The third kappa shape index (κ3) is 702. The Labute approximate surface area is 248 Å². The minimum atomic E-state index is -1.50. The molecule has 0 amide bonds.